The van der Waals surface area contributed by atoms with Gasteiger partial charge in [-0.1, -0.05) is 48.5 Å². The maximum absolute atomic E-state index is 13.3. The fourth-order valence-electron chi connectivity index (χ4n) is 4.39. The Morgan fingerprint density at radius 1 is 0.897 bits per heavy atom. The first-order valence-corrected chi connectivity index (χ1v) is 9.74. The number of para-hydroxylation sites is 1. The van der Waals surface area contributed by atoms with Crippen LogP contribution in [0.1, 0.15) is 33.1 Å². The highest BCUT2D eigenvalue weighted by molar-refractivity contribution is 6.00. The molecule has 0 radical (unpaired) electrons. The quantitative estimate of drug-likeness (QED) is 0.501. The number of aromatic nitrogens is 1. The van der Waals surface area contributed by atoms with Crippen LogP contribution >= 0.6 is 0 Å². The number of fused-ring (bicyclic) bond motifs is 2. The number of carbonyl (C=O) groups excluding carboxylic acids is 1. The zero-order chi connectivity index (χ0) is 20.0. The van der Waals surface area contributed by atoms with Crippen molar-refractivity contribution in [3.8, 4) is 5.75 Å². The smallest absolute Gasteiger partial charge is 0.255 e. The summed E-state index contributed by atoms with van der Waals surface area (Å²) in [4.78, 5) is 15.3. The number of carbonyl (C=O) groups is 1. The van der Waals surface area contributed by atoms with Crippen molar-refractivity contribution in [3.63, 3.8) is 0 Å². The summed E-state index contributed by atoms with van der Waals surface area (Å²) in [6.07, 6.45) is 2.16. The third-order valence-electron chi connectivity index (χ3n) is 5.79. The Morgan fingerprint density at radius 3 is 2.41 bits per heavy atom. The molecule has 0 aliphatic carbocycles. The molecule has 0 saturated heterocycles. The van der Waals surface area contributed by atoms with Crippen LogP contribution in [0.25, 0.3) is 10.9 Å². The van der Waals surface area contributed by atoms with Crippen molar-refractivity contribution in [1.29, 1.82) is 0 Å². The average Bonchev–Trinajstić information content (AvgIpc) is 3.23. The van der Waals surface area contributed by atoms with Gasteiger partial charge >= 0.3 is 0 Å². The van der Waals surface area contributed by atoms with Crippen molar-refractivity contribution < 1.29 is 9.53 Å². The van der Waals surface area contributed by atoms with Gasteiger partial charge in [0.05, 0.1) is 13.2 Å². The molecular formula is C25H22N2O2. The van der Waals surface area contributed by atoms with Gasteiger partial charge < -0.3 is 14.2 Å². The van der Waals surface area contributed by atoms with Gasteiger partial charge in [-0.15, -0.1) is 0 Å². The van der Waals surface area contributed by atoms with Gasteiger partial charge in [0.1, 0.15) is 5.75 Å². The second kappa shape index (κ2) is 6.82. The van der Waals surface area contributed by atoms with Crippen molar-refractivity contribution >= 4 is 16.8 Å². The topological polar surface area (TPSA) is 34.5 Å². The summed E-state index contributed by atoms with van der Waals surface area (Å²) in [6, 6.07) is 24.2. The average molecular weight is 382 g/mol. The monoisotopic (exact) mass is 382 g/mol. The Balaban J connectivity index is 1.63. The van der Waals surface area contributed by atoms with Crippen LogP contribution in [0.5, 0.6) is 5.75 Å². The van der Waals surface area contributed by atoms with Gasteiger partial charge in [0.15, 0.2) is 0 Å². The van der Waals surface area contributed by atoms with Crippen LogP contribution in [0.4, 0.5) is 0 Å². The Kier molecular flexibility index (Phi) is 4.13. The predicted molar refractivity (Wildman–Crippen MR) is 114 cm³/mol. The number of hydrogen-bond donors (Lipinski definition) is 0. The standard InChI is InChI=1S/C25H22N2O2/c1-26-16-22(19-7-5-6-10-23(19)26)24-20-8-3-4-9-21(20)25(28)27(24)15-17-11-13-18(29-2)14-12-17/h3-14,16,24H,15H2,1-2H3. The minimum Gasteiger partial charge on any atom is -0.497 e. The van der Waals surface area contributed by atoms with Gasteiger partial charge in [-0.25, -0.2) is 0 Å². The lowest BCUT2D eigenvalue weighted by Crippen LogP contribution is -2.28. The molecule has 4 nitrogen and oxygen atoms in total. The molecular weight excluding hydrogens is 360 g/mol. The second-order valence-corrected chi connectivity index (χ2v) is 7.48. The van der Waals surface area contributed by atoms with Crippen LogP contribution in [0.15, 0.2) is 79.0 Å². The number of amides is 1. The third kappa shape index (κ3) is 2.80. The van der Waals surface area contributed by atoms with E-state index >= 15 is 0 Å². The SMILES string of the molecule is COc1ccc(CN2C(=O)c3ccccc3C2c2cn(C)c3ccccc23)cc1. The highest BCUT2D eigenvalue weighted by atomic mass is 16.5. The molecule has 0 bridgehead atoms. The molecule has 0 saturated carbocycles. The Hall–Kier alpha value is -3.53. The molecule has 144 valence electrons. The molecule has 4 aromatic rings. The van der Waals surface area contributed by atoms with Crippen molar-refractivity contribution in [2.24, 2.45) is 7.05 Å². The summed E-state index contributed by atoms with van der Waals surface area (Å²) in [7, 11) is 3.72. The lowest BCUT2D eigenvalue weighted by Gasteiger charge is -2.25. The van der Waals surface area contributed by atoms with E-state index in [1.165, 1.54) is 10.9 Å². The van der Waals surface area contributed by atoms with Gasteiger partial charge in [0.25, 0.3) is 5.91 Å². The number of methoxy groups -OCH3 is 1. The van der Waals surface area contributed by atoms with E-state index in [9.17, 15) is 4.79 Å². The molecule has 1 atom stereocenters. The maximum atomic E-state index is 13.3. The van der Waals surface area contributed by atoms with E-state index in [4.69, 9.17) is 4.74 Å². The van der Waals surface area contributed by atoms with Crippen LogP contribution in [0.2, 0.25) is 0 Å². The molecule has 3 aromatic carbocycles. The Bertz CT molecular complexity index is 1210. The summed E-state index contributed by atoms with van der Waals surface area (Å²) in [6.45, 7) is 0.547. The van der Waals surface area contributed by atoms with E-state index in [1.807, 2.05) is 47.4 Å². The molecule has 0 N–H and O–H groups in total. The third-order valence-corrected chi connectivity index (χ3v) is 5.79. The Morgan fingerprint density at radius 2 is 1.62 bits per heavy atom. The minimum atomic E-state index is -0.105. The molecule has 5 rings (SSSR count). The summed E-state index contributed by atoms with van der Waals surface area (Å²) < 4.78 is 7.41. The van der Waals surface area contributed by atoms with Crippen LogP contribution in [-0.4, -0.2) is 22.5 Å². The highest BCUT2D eigenvalue weighted by Gasteiger charge is 2.38. The second-order valence-electron chi connectivity index (χ2n) is 7.48. The zero-order valence-corrected chi connectivity index (χ0v) is 16.5. The molecule has 2 heterocycles. The van der Waals surface area contributed by atoms with E-state index < -0.39 is 0 Å². The number of hydrogen-bond acceptors (Lipinski definition) is 2. The molecule has 29 heavy (non-hydrogen) atoms. The fourth-order valence-corrected chi connectivity index (χ4v) is 4.39. The van der Waals surface area contributed by atoms with Crippen LogP contribution < -0.4 is 4.74 Å². The van der Waals surface area contributed by atoms with E-state index in [0.29, 0.717) is 6.54 Å². The fraction of sp³-hybridized carbons (Fsp3) is 0.160. The van der Waals surface area contributed by atoms with Gasteiger partial charge in [-0.2, -0.15) is 0 Å². The number of nitrogens with zero attached hydrogens (tertiary/aromatic N) is 2. The van der Waals surface area contributed by atoms with Crippen LogP contribution in [-0.2, 0) is 13.6 Å². The minimum absolute atomic E-state index is 0.0781. The van der Waals surface area contributed by atoms with Gasteiger partial charge in [0, 0.05) is 41.8 Å². The first kappa shape index (κ1) is 17.6. The molecule has 1 aliphatic rings. The molecule has 1 unspecified atom stereocenters. The normalized spacial score (nSPS) is 15.7. The van der Waals surface area contributed by atoms with Crippen molar-refractivity contribution in [1.82, 2.24) is 9.47 Å². The molecule has 1 amide bonds. The molecule has 4 heteroatoms. The van der Waals surface area contributed by atoms with E-state index in [1.54, 1.807) is 7.11 Å². The first-order valence-electron chi connectivity index (χ1n) is 9.74. The summed E-state index contributed by atoms with van der Waals surface area (Å²) in [5.74, 6) is 0.893. The number of benzene rings is 3. The molecule has 1 aliphatic heterocycles. The van der Waals surface area contributed by atoms with Crippen LogP contribution in [0.3, 0.4) is 0 Å². The highest BCUT2D eigenvalue weighted by Crippen LogP contribution is 2.42. The van der Waals surface area contributed by atoms with Gasteiger partial charge in [-0.3, -0.25) is 4.79 Å². The van der Waals surface area contributed by atoms with Crippen LogP contribution in [0, 0.1) is 0 Å². The molecule has 0 fully saturated rings. The van der Waals surface area contributed by atoms with Gasteiger partial charge in [0.2, 0.25) is 0 Å². The predicted octanol–water partition coefficient (Wildman–Crippen LogP) is 4.93. The number of ether oxygens (including phenoxy) is 1. The molecule has 0 spiro atoms. The lowest BCUT2D eigenvalue weighted by atomic mass is 9.97. The maximum Gasteiger partial charge on any atom is 0.255 e. The van der Waals surface area contributed by atoms with Gasteiger partial charge in [-0.05, 0) is 35.4 Å². The summed E-state index contributed by atoms with van der Waals surface area (Å²) in [5, 5.41) is 1.18. The summed E-state index contributed by atoms with van der Waals surface area (Å²) >= 11 is 0. The zero-order valence-electron chi connectivity index (χ0n) is 16.5. The van der Waals surface area contributed by atoms with Crippen molar-refractivity contribution in [2.75, 3.05) is 7.11 Å². The largest absolute Gasteiger partial charge is 0.497 e. The van der Waals surface area contributed by atoms with E-state index in [0.717, 1.165) is 28.0 Å². The number of rotatable bonds is 4. The molecule has 1 aromatic heterocycles. The summed E-state index contributed by atoms with van der Waals surface area (Å²) in [5.41, 5.74) is 5.28. The van der Waals surface area contributed by atoms with E-state index in [2.05, 4.69) is 48.1 Å². The van der Waals surface area contributed by atoms with Crippen molar-refractivity contribution in [2.45, 2.75) is 12.6 Å². The first-order chi connectivity index (χ1) is 14.2. The number of aryl methyl sites for hydroxylation is 1. The Labute approximate surface area is 170 Å². The van der Waals surface area contributed by atoms with Crippen molar-refractivity contribution in [3.05, 3.63) is 101 Å². The lowest BCUT2D eigenvalue weighted by molar-refractivity contribution is 0.0736. The van der Waals surface area contributed by atoms with E-state index in [-0.39, 0.29) is 11.9 Å².